The molecule has 0 spiro atoms. The number of rotatable bonds is 5. The number of pyridine rings is 1. The number of nitrogens with one attached hydrogen (secondary N) is 1. The number of piperidine rings is 1. The molecule has 132 valence electrons. The highest BCUT2D eigenvalue weighted by Gasteiger charge is 2.29. The normalized spacial score (nSPS) is 15.3. The van der Waals surface area contributed by atoms with Crippen LogP contribution in [-0.2, 0) is 6.54 Å². The lowest BCUT2D eigenvalue weighted by Gasteiger charge is -2.35. The van der Waals surface area contributed by atoms with Crippen molar-refractivity contribution in [2.24, 2.45) is 0 Å². The van der Waals surface area contributed by atoms with Crippen LogP contribution >= 0.6 is 0 Å². The molecule has 0 saturated carbocycles. The van der Waals surface area contributed by atoms with Crippen LogP contribution in [0.4, 0.5) is 11.4 Å². The first-order valence-corrected chi connectivity index (χ1v) is 9.01. The van der Waals surface area contributed by atoms with Gasteiger partial charge >= 0.3 is 0 Å². The summed E-state index contributed by atoms with van der Waals surface area (Å²) < 4.78 is 0. The molecule has 5 heteroatoms. The maximum Gasteiger partial charge on any atom is 0.253 e. The van der Waals surface area contributed by atoms with Gasteiger partial charge in [0, 0.05) is 19.3 Å². The van der Waals surface area contributed by atoms with Crippen LogP contribution in [0.15, 0.2) is 64.3 Å². The van der Waals surface area contributed by atoms with Gasteiger partial charge in [0.2, 0.25) is 0 Å². The van der Waals surface area contributed by atoms with E-state index in [-0.39, 0.29) is 5.43 Å². The SMILES string of the molecule is O=c1c(NCc2ccccn2)c(N2CCC(c3ccccc3)CC2)c1=O. The molecule has 0 radical (unpaired) electrons. The van der Waals surface area contributed by atoms with Crippen molar-refractivity contribution in [2.45, 2.75) is 25.3 Å². The molecule has 0 aliphatic carbocycles. The van der Waals surface area contributed by atoms with Gasteiger partial charge in [-0.05, 0) is 36.5 Å². The molecule has 1 N–H and O–H groups in total. The second kappa shape index (κ2) is 7.12. The molecule has 3 aromatic rings. The molecule has 1 aromatic heterocycles. The molecule has 1 aliphatic heterocycles. The Morgan fingerprint density at radius 3 is 2.38 bits per heavy atom. The van der Waals surface area contributed by atoms with E-state index < -0.39 is 5.43 Å². The maximum absolute atomic E-state index is 12.1. The topological polar surface area (TPSA) is 62.3 Å². The summed E-state index contributed by atoms with van der Waals surface area (Å²) in [4.78, 5) is 30.4. The lowest BCUT2D eigenvalue weighted by Crippen LogP contribution is -2.45. The van der Waals surface area contributed by atoms with Gasteiger partial charge in [-0.3, -0.25) is 14.6 Å². The van der Waals surface area contributed by atoms with E-state index >= 15 is 0 Å². The highest BCUT2D eigenvalue weighted by atomic mass is 16.2. The monoisotopic (exact) mass is 347 g/mol. The first-order valence-electron chi connectivity index (χ1n) is 9.01. The third-order valence-electron chi connectivity index (χ3n) is 5.14. The summed E-state index contributed by atoms with van der Waals surface area (Å²) in [5.74, 6) is 0.517. The first-order chi connectivity index (χ1) is 12.7. The highest BCUT2D eigenvalue weighted by molar-refractivity contribution is 5.75. The predicted molar refractivity (Wildman–Crippen MR) is 104 cm³/mol. The van der Waals surface area contributed by atoms with Gasteiger partial charge in [-0.25, -0.2) is 0 Å². The second-order valence-electron chi connectivity index (χ2n) is 6.73. The van der Waals surface area contributed by atoms with Gasteiger partial charge < -0.3 is 10.2 Å². The van der Waals surface area contributed by atoms with Crippen LogP contribution in [0.1, 0.15) is 30.0 Å². The second-order valence-corrected chi connectivity index (χ2v) is 6.73. The average molecular weight is 347 g/mol. The predicted octanol–water partition coefficient (Wildman–Crippen LogP) is 2.67. The van der Waals surface area contributed by atoms with Gasteiger partial charge in [0.1, 0.15) is 11.4 Å². The Morgan fingerprint density at radius 1 is 0.962 bits per heavy atom. The van der Waals surface area contributed by atoms with E-state index in [9.17, 15) is 9.59 Å². The molecule has 5 nitrogen and oxygen atoms in total. The summed E-state index contributed by atoms with van der Waals surface area (Å²) in [6.45, 7) is 2.03. The van der Waals surface area contributed by atoms with Crippen molar-refractivity contribution in [2.75, 3.05) is 23.3 Å². The number of anilines is 2. The van der Waals surface area contributed by atoms with Crippen LogP contribution in [0.3, 0.4) is 0 Å². The fraction of sp³-hybridized carbons (Fsp3) is 0.286. The van der Waals surface area contributed by atoms with E-state index in [1.807, 2.05) is 24.3 Å². The summed E-state index contributed by atoms with van der Waals surface area (Å²) in [7, 11) is 0. The Labute approximate surface area is 152 Å². The van der Waals surface area contributed by atoms with E-state index in [4.69, 9.17) is 0 Å². The molecule has 0 bridgehead atoms. The lowest BCUT2D eigenvalue weighted by molar-refractivity contribution is 0.504. The van der Waals surface area contributed by atoms with Crippen molar-refractivity contribution in [3.63, 3.8) is 0 Å². The molecule has 1 fully saturated rings. The van der Waals surface area contributed by atoms with Crippen LogP contribution in [-0.4, -0.2) is 18.1 Å². The molecule has 0 unspecified atom stereocenters. The summed E-state index contributed by atoms with van der Waals surface area (Å²) in [5.41, 5.74) is 2.41. The smallest absolute Gasteiger partial charge is 0.253 e. The minimum absolute atomic E-state index is 0.369. The van der Waals surface area contributed by atoms with Gasteiger partial charge in [0.15, 0.2) is 0 Å². The Morgan fingerprint density at radius 2 is 1.69 bits per heavy atom. The molecule has 0 atom stereocenters. The number of hydrogen-bond donors (Lipinski definition) is 1. The van der Waals surface area contributed by atoms with E-state index in [1.54, 1.807) is 6.20 Å². The molecular formula is C21H21N3O2. The Kier molecular flexibility index (Phi) is 4.52. The van der Waals surface area contributed by atoms with Crippen LogP contribution < -0.4 is 21.1 Å². The summed E-state index contributed by atoms with van der Waals surface area (Å²) in [6, 6.07) is 16.1. The number of hydrogen-bond acceptors (Lipinski definition) is 5. The summed E-state index contributed by atoms with van der Waals surface area (Å²) in [5, 5.41) is 3.11. The standard InChI is InChI=1S/C21H21N3O2/c25-20-18(23-14-17-8-4-5-11-22-17)19(21(20)26)24-12-9-16(10-13-24)15-6-2-1-3-7-15/h1-8,11,16,23H,9-10,12-14H2. The Hall–Kier alpha value is -2.95. The van der Waals surface area contributed by atoms with E-state index in [2.05, 4.69) is 39.5 Å². The molecule has 4 rings (SSSR count). The molecule has 1 aliphatic rings. The van der Waals surface area contributed by atoms with Gasteiger partial charge in [-0.15, -0.1) is 0 Å². The third kappa shape index (κ3) is 3.12. The van der Waals surface area contributed by atoms with Crippen LogP contribution in [0.25, 0.3) is 0 Å². The van der Waals surface area contributed by atoms with Gasteiger partial charge in [0.25, 0.3) is 10.9 Å². The van der Waals surface area contributed by atoms with E-state index in [1.165, 1.54) is 5.56 Å². The van der Waals surface area contributed by atoms with Crippen LogP contribution in [0.2, 0.25) is 0 Å². The molecule has 0 amide bonds. The lowest BCUT2D eigenvalue weighted by atomic mass is 9.89. The highest BCUT2D eigenvalue weighted by Crippen LogP contribution is 2.31. The summed E-state index contributed by atoms with van der Waals surface area (Å²) >= 11 is 0. The van der Waals surface area contributed by atoms with Crippen molar-refractivity contribution in [1.82, 2.24) is 4.98 Å². The Bertz CT molecular complexity index is 939. The summed E-state index contributed by atoms with van der Waals surface area (Å²) in [6.07, 6.45) is 3.69. The fourth-order valence-electron chi connectivity index (χ4n) is 3.69. The van der Waals surface area contributed by atoms with Crippen molar-refractivity contribution >= 4 is 11.4 Å². The maximum atomic E-state index is 12.1. The molecule has 1 saturated heterocycles. The minimum Gasteiger partial charge on any atom is -0.374 e. The van der Waals surface area contributed by atoms with Crippen molar-refractivity contribution in [3.8, 4) is 0 Å². The molecular weight excluding hydrogens is 326 g/mol. The molecule has 2 aromatic carbocycles. The average Bonchev–Trinajstić information content (AvgIpc) is 2.72. The van der Waals surface area contributed by atoms with Gasteiger partial charge in [0.05, 0.1) is 12.2 Å². The number of nitrogens with zero attached hydrogens (tertiary/aromatic N) is 2. The number of benzene rings is 1. The fourth-order valence-corrected chi connectivity index (χ4v) is 3.69. The molecule has 2 heterocycles. The van der Waals surface area contributed by atoms with Crippen LogP contribution in [0.5, 0.6) is 0 Å². The Balaban J connectivity index is 1.43. The van der Waals surface area contributed by atoms with Gasteiger partial charge in [-0.1, -0.05) is 36.4 Å². The largest absolute Gasteiger partial charge is 0.374 e. The van der Waals surface area contributed by atoms with Crippen LogP contribution in [0, 0.1) is 0 Å². The zero-order valence-electron chi connectivity index (χ0n) is 14.5. The van der Waals surface area contributed by atoms with E-state index in [0.717, 1.165) is 31.6 Å². The van der Waals surface area contributed by atoms with Gasteiger partial charge in [-0.2, -0.15) is 0 Å². The van der Waals surface area contributed by atoms with E-state index in [0.29, 0.717) is 23.8 Å². The number of aromatic nitrogens is 1. The quantitative estimate of drug-likeness (QED) is 0.719. The molecule has 26 heavy (non-hydrogen) atoms. The minimum atomic E-state index is -0.416. The first kappa shape index (κ1) is 16.5. The zero-order valence-corrected chi connectivity index (χ0v) is 14.5. The third-order valence-corrected chi connectivity index (χ3v) is 5.14. The van der Waals surface area contributed by atoms with Crippen molar-refractivity contribution < 1.29 is 0 Å². The zero-order chi connectivity index (χ0) is 17.9. The van der Waals surface area contributed by atoms with Crippen molar-refractivity contribution in [1.29, 1.82) is 0 Å². The van der Waals surface area contributed by atoms with Crippen molar-refractivity contribution in [3.05, 3.63) is 86.4 Å².